The number of anilines is 2. The molecule has 0 radical (unpaired) electrons. The van der Waals surface area contributed by atoms with Crippen LogP contribution in [0, 0.1) is 0 Å². The molecule has 2 aliphatic heterocycles. The van der Waals surface area contributed by atoms with Gasteiger partial charge in [-0.25, -0.2) is 0 Å². The van der Waals surface area contributed by atoms with E-state index >= 15 is 0 Å². The number of para-hydroxylation sites is 1. The van der Waals surface area contributed by atoms with Crippen LogP contribution >= 0.6 is 0 Å². The van der Waals surface area contributed by atoms with Gasteiger partial charge in [0.15, 0.2) is 0 Å². The first-order chi connectivity index (χ1) is 13.1. The van der Waals surface area contributed by atoms with Crippen molar-refractivity contribution in [3.63, 3.8) is 0 Å². The molecule has 27 heavy (non-hydrogen) atoms. The molecule has 2 aromatic carbocycles. The number of aliphatic hydroxyl groups is 1. The number of aromatic hydroxyl groups is 1. The molecule has 0 saturated carbocycles. The molecule has 4 rings (SSSR count). The van der Waals surface area contributed by atoms with Crippen molar-refractivity contribution in [2.45, 2.75) is 25.0 Å². The summed E-state index contributed by atoms with van der Waals surface area (Å²) >= 11 is 0. The summed E-state index contributed by atoms with van der Waals surface area (Å²) in [5, 5.41) is 21.8. The number of hydrogen-bond donors (Lipinski definition) is 3. The number of carbonyl (C=O) groups excluding carboxylic acids is 1. The van der Waals surface area contributed by atoms with Gasteiger partial charge in [-0.05, 0) is 24.3 Å². The van der Waals surface area contributed by atoms with Gasteiger partial charge in [-0.3, -0.25) is 4.79 Å². The number of nitrogens with one attached hydrogen (secondary N) is 1. The second kappa shape index (κ2) is 7.46. The Balaban J connectivity index is 1.57. The first-order valence-corrected chi connectivity index (χ1v) is 9.10. The molecule has 7 heteroatoms. The van der Waals surface area contributed by atoms with Crippen molar-refractivity contribution in [1.82, 2.24) is 5.32 Å². The number of nitrogens with zero attached hydrogens (tertiary/aromatic N) is 2. The van der Waals surface area contributed by atoms with Gasteiger partial charge in [-0.1, -0.05) is 24.3 Å². The lowest BCUT2D eigenvalue weighted by Crippen LogP contribution is -2.55. The van der Waals surface area contributed by atoms with Crippen molar-refractivity contribution in [3.05, 3.63) is 54.6 Å². The van der Waals surface area contributed by atoms with Gasteiger partial charge in [0.25, 0.3) is 5.91 Å². The second-order valence-electron chi connectivity index (χ2n) is 6.87. The Morgan fingerprint density at radius 1 is 1.07 bits per heavy atom. The van der Waals surface area contributed by atoms with Crippen molar-refractivity contribution in [3.8, 4) is 5.75 Å². The van der Waals surface area contributed by atoms with E-state index in [4.69, 9.17) is 4.74 Å². The minimum absolute atomic E-state index is 0.0122. The molecule has 3 unspecified atom stereocenters. The highest BCUT2D eigenvalue weighted by Crippen LogP contribution is 2.29. The Labute approximate surface area is 157 Å². The van der Waals surface area contributed by atoms with E-state index in [0.29, 0.717) is 13.0 Å². The Hall–Kier alpha value is -2.77. The number of rotatable bonds is 4. The lowest BCUT2D eigenvalue weighted by Gasteiger charge is -2.44. The van der Waals surface area contributed by atoms with Gasteiger partial charge in [0, 0.05) is 49.5 Å². The van der Waals surface area contributed by atoms with E-state index in [2.05, 4.69) is 27.2 Å². The number of piperazine rings is 1. The third kappa shape index (κ3) is 3.84. The van der Waals surface area contributed by atoms with Crippen LogP contribution in [0.3, 0.4) is 0 Å². The van der Waals surface area contributed by atoms with E-state index < -0.39 is 12.5 Å². The largest absolute Gasteiger partial charge is 0.508 e. The summed E-state index contributed by atoms with van der Waals surface area (Å²) in [6.07, 6.45) is -1.49. The topological polar surface area (TPSA) is 85.3 Å². The number of ether oxygens (including phenoxy) is 1. The SMILES string of the molecule is O=C1NC(O)OC1CC1CN(c2ccccc2)CCN1c1cccc(O)c1. The fraction of sp³-hybridized carbons (Fsp3) is 0.350. The van der Waals surface area contributed by atoms with E-state index in [1.165, 1.54) is 0 Å². The van der Waals surface area contributed by atoms with Gasteiger partial charge in [-0.15, -0.1) is 0 Å². The fourth-order valence-electron chi connectivity index (χ4n) is 3.82. The van der Waals surface area contributed by atoms with Crippen molar-refractivity contribution in [2.75, 3.05) is 29.4 Å². The van der Waals surface area contributed by atoms with Crippen molar-refractivity contribution in [2.24, 2.45) is 0 Å². The number of benzene rings is 2. The summed E-state index contributed by atoms with van der Waals surface area (Å²) < 4.78 is 5.33. The number of phenolic OH excluding ortho intramolecular Hbond substituents is 1. The zero-order chi connectivity index (χ0) is 18.8. The predicted octanol–water partition coefficient (Wildman–Crippen LogP) is 1.27. The van der Waals surface area contributed by atoms with Gasteiger partial charge in [0.1, 0.15) is 11.9 Å². The summed E-state index contributed by atoms with van der Waals surface area (Å²) in [7, 11) is 0. The molecule has 0 aromatic heterocycles. The third-order valence-electron chi connectivity index (χ3n) is 5.10. The minimum Gasteiger partial charge on any atom is -0.508 e. The summed E-state index contributed by atoms with van der Waals surface area (Å²) in [5.74, 6) is -0.0859. The molecule has 2 fully saturated rings. The third-order valence-corrected chi connectivity index (χ3v) is 5.10. The summed E-state index contributed by atoms with van der Waals surface area (Å²) in [6.45, 7) is 2.29. The highest BCUT2D eigenvalue weighted by molar-refractivity contribution is 5.82. The Morgan fingerprint density at radius 3 is 2.56 bits per heavy atom. The van der Waals surface area contributed by atoms with Crippen molar-refractivity contribution in [1.29, 1.82) is 0 Å². The molecule has 1 amide bonds. The standard InChI is InChI=1S/C20H23N3O4/c24-17-8-4-7-15(11-17)23-10-9-22(14-5-2-1-3-6-14)13-16(23)12-18-19(25)21-20(26)27-18/h1-8,11,16,18,20,24,26H,9-10,12-13H2,(H,21,25). The minimum atomic E-state index is -1.24. The first-order valence-electron chi connectivity index (χ1n) is 9.10. The van der Waals surface area contributed by atoms with Crippen LogP contribution in [0.1, 0.15) is 6.42 Å². The molecule has 7 nitrogen and oxygen atoms in total. The summed E-state index contributed by atoms with van der Waals surface area (Å²) in [5.41, 5.74) is 2.04. The average Bonchev–Trinajstić information content (AvgIpc) is 2.99. The molecule has 0 spiro atoms. The molecule has 2 aromatic rings. The molecule has 2 aliphatic rings. The van der Waals surface area contributed by atoms with Crippen molar-refractivity contribution < 1.29 is 19.7 Å². The zero-order valence-electron chi connectivity index (χ0n) is 14.9. The highest BCUT2D eigenvalue weighted by Gasteiger charge is 2.37. The maximum atomic E-state index is 12.0. The maximum Gasteiger partial charge on any atom is 0.253 e. The van der Waals surface area contributed by atoms with E-state index in [9.17, 15) is 15.0 Å². The second-order valence-corrected chi connectivity index (χ2v) is 6.87. The molecule has 3 N–H and O–H groups in total. The quantitative estimate of drug-likeness (QED) is 0.753. The molecule has 3 atom stereocenters. The van der Waals surface area contributed by atoms with Gasteiger partial charge in [0.05, 0.1) is 0 Å². The average molecular weight is 369 g/mol. The monoisotopic (exact) mass is 369 g/mol. The molecule has 0 bridgehead atoms. The number of aliphatic hydroxyl groups excluding tert-OH is 1. The smallest absolute Gasteiger partial charge is 0.253 e. The Bertz CT molecular complexity index is 801. The first kappa shape index (κ1) is 17.6. The van der Waals surface area contributed by atoms with Crippen LogP contribution in [0.4, 0.5) is 11.4 Å². The van der Waals surface area contributed by atoms with Gasteiger partial charge in [-0.2, -0.15) is 0 Å². The van der Waals surface area contributed by atoms with E-state index in [-0.39, 0.29) is 17.7 Å². The number of phenols is 1. The van der Waals surface area contributed by atoms with Gasteiger partial charge in [0.2, 0.25) is 6.41 Å². The molecule has 2 heterocycles. The molecular weight excluding hydrogens is 346 g/mol. The Morgan fingerprint density at radius 2 is 1.85 bits per heavy atom. The lowest BCUT2D eigenvalue weighted by molar-refractivity contribution is -0.126. The predicted molar refractivity (Wildman–Crippen MR) is 102 cm³/mol. The van der Waals surface area contributed by atoms with Crippen LogP contribution in [0.2, 0.25) is 0 Å². The molecule has 142 valence electrons. The van der Waals surface area contributed by atoms with E-state index in [1.54, 1.807) is 12.1 Å². The fourth-order valence-corrected chi connectivity index (χ4v) is 3.82. The number of carbonyl (C=O) groups is 1. The van der Waals surface area contributed by atoms with Crippen LogP contribution in [0.15, 0.2) is 54.6 Å². The van der Waals surface area contributed by atoms with Crippen LogP contribution in [0.5, 0.6) is 5.75 Å². The highest BCUT2D eigenvalue weighted by atomic mass is 16.6. The number of hydrogen-bond acceptors (Lipinski definition) is 6. The van der Waals surface area contributed by atoms with Crippen LogP contribution in [0.25, 0.3) is 0 Å². The molecule has 2 saturated heterocycles. The lowest BCUT2D eigenvalue weighted by atomic mass is 10.0. The van der Waals surface area contributed by atoms with E-state index in [0.717, 1.165) is 24.5 Å². The molecule has 0 aliphatic carbocycles. The zero-order valence-corrected chi connectivity index (χ0v) is 14.9. The van der Waals surface area contributed by atoms with Gasteiger partial charge < -0.3 is 30.1 Å². The Kier molecular flexibility index (Phi) is 4.87. The summed E-state index contributed by atoms with van der Waals surface area (Å²) in [6, 6.07) is 17.3. The van der Waals surface area contributed by atoms with Crippen LogP contribution < -0.4 is 15.1 Å². The normalized spacial score (nSPS) is 25.5. The van der Waals surface area contributed by atoms with Gasteiger partial charge >= 0.3 is 0 Å². The summed E-state index contributed by atoms with van der Waals surface area (Å²) in [4.78, 5) is 16.5. The van der Waals surface area contributed by atoms with E-state index in [1.807, 2.05) is 30.3 Å². The molecular formula is C20H23N3O4. The maximum absolute atomic E-state index is 12.0. The van der Waals surface area contributed by atoms with Crippen LogP contribution in [-0.4, -0.2) is 54.3 Å². The number of amides is 1. The van der Waals surface area contributed by atoms with Crippen molar-refractivity contribution >= 4 is 17.3 Å². The van der Waals surface area contributed by atoms with Crippen LogP contribution in [-0.2, 0) is 9.53 Å².